The molecule has 0 spiro atoms. The predicted octanol–water partition coefficient (Wildman–Crippen LogP) is 1.97. The highest BCUT2D eigenvalue weighted by Crippen LogP contribution is 2.26. The molecule has 8 nitrogen and oxygen atoms in total. The zero-order chi connectivity index (χ0) is 20.3. The molecular formula is C19H17BrN4O4. The Morgan fingerprint density at radius 2 is 1.82 bits per heavy atom. The van der Waals surface area contributed by atoms with Crippen molar-refractivity contribution in [2.24, 2.45) is 14.1 Å². The van der Waals surface area contributed by atoms with Gasteiger partial charge in [-0.15, -0.1) is 0 Å². The molecule has 0 amide bonds. The van der Waals surface area contributed by atoms with Gasteiger partial charge in [-0.3, -0.25) is 18.5 Å². The molecule has 0 N–H and O–H groups in total. The van der Waals surface area contributed by atoms with Crippen LogP contribution in [0.3, 0.4) is 0 Å². The molecule has 3 aromatic heterocycles. The molecule has 3 heterocycles. The fraction of sp³-hybridized carbons (Fsp3) is 0.263. The molecule has 0 saturated heterocycles. The molecule has 4 aromatic rings. The van der Waals surface area contributed by atoms with Crippen LogP contribution in [-0.4, -0.2) is 18.7 Å². The lowest BCUT2D eigenvalue weighted by molar-refractivity contribution is 0.555. The van der Waals surface area contributed by atoms with Crippen LogP contribution in [0.5, 0.6) is 0 Å². The number of halogens is 1. The lowest BCUT2D eigenvalue weighted by Crippen LogP contribution is -2.37. The van der Waals surface area contributed by atoms with E-state index in [0.29, 0.717) is 21.5 Å². The van der Waals surface area contributed by atoms with Crippen LogP contribution in [0.15, 0.2) is 41.7 Å². The second kappa shape index (κ2) is 6.30. The molecule has 4 rings (SSSR count). The van der Waals surface area contributed by atoms with Gasteiger partial charge in [0.05, 0.1) is 6.54 Å². The van der Waals surface area contributed by atoms with Crippen LogP contribution >= 0.6 is 15.9 Å². The molecule has 28 heavy (non-hydrogen) atoms. The lowest BCUT2D eigenvalue weighted by atomic mass is 10.0. The van der Waals surface area contributed by atoms with Crippen molar-refractivity contribution < 1.29 is 4.42 Å². The van der Waals surface area contributed by atoms with E-state index in [-0.39, 0.29) is 12.1 Å². The topological polar surface area (TPSA) is 92.0 Å². The van der Waals surface area contributed by atoms with Gasteiger partial charge >= 0.3 is 11.3 Å². The zero-order valence-corrected chi connectivity index (χ0v) is 17.3. The largest absolute Gasteiger partial charge is 0.422 e. The molecular weight excluding hydrogens is 428 g/mol. The van der Waals surface area contributed by atoms with Gasteiger partial charge in [0.25, 0.3) is 5.56 Å². The summed E-state index contributed by atoms with van der Waals surface area (Å²) < 4.78 is 9.91. The van der Waals surface area contributed by atoms with Crippen molar-refractivity contribution in [1.82, 2.24) is 18.7 Å². The van der Waals surface area contributed by atoms with Gasteiger partial charge in [-0.2, -0.15) is 0 Å². The molecule has 0 bridgehead atoms. The molecule has 0 radical (unpaired) electrons. The third kappa shape index (κ3) is 2.57. The van der Waals surface area contributed by atoms with Crippen molar-refractivity contribution in [3.63, 3.8) is 0 Å². The van der Waals surface area contributed by atoms with Crippen LogP contribution < -0.4 is 16.9 Å². The monoisotopic (exact) mass is 444 g/mol. The number of imidazole rings is 1. The summed E-state index contributed by atoms with van der Waals surface area (Å²) >= 11 is 3.38. The number of hydrogen-bond acceptors (Lipinski definition) is 5. The van der Waals surface area contributed by atoms with Gasteiger partial charge < -0.3 is 4.42 Å². The van der Waals surface area contributed by atoms with E-state index >= 15 is 0 Å². The minimum Gasteiger partial charge on any atom is -0.422 e. The summed E-state index contributed by atoms with van der Waals surface area (Å²) in [6, 6.07) is 5.29. The molecule has 0 aliphatic carbocycles. The maximum atomic E-state index is 12.5. The molecule has 0 atom stereocenters. The highest BCUT2D eigenvalue weighted by atomic mass is 79.9. The fourth-order valence-electron chi connectivity index (χ4n) is 3.43. The van der Waals surface area contributed by atoms with Gasteiger partial charge in [0.1, 0.15) is 5.58 Å². The van der Waals surface area contributed by atoms with Crippen LogP contribution in [0.4, 0.5) is 0 Å². The van der Waals surface area contributed by atoms with Crippen molar-refractivity contribution in [3.05, 3.63) is 70.9 Å². The van der Waals surface area contributed by atoms with E-state index in [2.05, 4.69) is 20.9 Å². The van der Waals surface area contributed by atoms with E-state index in [1.807, 2.05) is 26.0 Å². The fourth-order valence-corrected chi connectivity index (χ4v) is 3.90. The van der Waals surface area contributed by atoms with Crippen LogP contribution in [-0.2, 0) is 20.6 Å². The Kier molecular flexibility index (Phi) is 4.15. The van der Waals surface area contributed by atoms with Gasteiger partial charge in [-0.25, -0.2) is 14.6 Å². The van der Waals surface area contributed by atoms with Crippen LogP contribution in [0.2, 0.25) is 0 Å². The average Bonchev–Trinajstić information content (AvgIpc) is 2.98. The van der Waals surface area contributed by atoms with E-state index in [4.69, 9.17) is 4.42 Å². The second-order valence-electron chi connectivity index (χ2n) is 6.82. The second-order valence-corrected chi connectivity index (χ2v) is 7.53. The normalized spacial score (nSPS) is 11.6. The SMILES string of the molecule is Cc1ccc2c(Cn3c(Br)nc4c(=O)n(C)c(=O)n(C)c43)cc(=O)oc2c1C. The van der Waals surface area contributed by atoms with Crippen molar-refractivity contribution in [3.8, 4) is 0 Å². The molecule has 0 saturated carbocycles. The summed E-state index contributed by atoms with van der Waals surface area (Å²) in [6.07, 6.45) is 0. The predicted molar refractivity (Wildman–Crippen MR) is 109 cm³/mol. The van der Waals surface area contributed by atoms with E-state index in [1.54, 1.807) is 11.6 Å². The third-order valence-electron chi connectivity index (χ3n) is 5.14. The van der Waals surface area contributed by atoms with E-state index < -0.39 is 16.9 Å². The highest BCUT2D eigenvalue weighted by molar-refractivity contribution is 9.10. The lowest BCUT2D eigenvalue weighted by Gasteiger charge is -2.12. The number of fused-ring (bicyclic) bond motifs is 2. The summed E-state index contributed by atoms with van der Waals surface area (Å²) in [5.74, 6) is 0. The minimum absolute atomic E-state index is 0.177. The van der Waals surface area contributed by atoms with Crippen molar-refractivity contribution in [2.45, 2.75) is 20.4 Å². The van der Waals surface area contributed by atoms with E-state index in [9.17, 15) is 14.4 Å². The van der Waals surface area contributed by atoms with E-state index in [0.717, 1.165) is 21.1 Å². The molecule has 9 heteroatoms. The molecule has 1 aromatic carbocycles. The van der Waals surface area contributed by atoms with E-state index in [1.165, 1.54) is 17.7 Å². The first-order valence-corrected chi connectivity index (χ1v) is 9.34. The number of benzene rings is 1. The quantitative estimate of drug-likeness (QED) is 0.348. The van der Waals surface area contributed by atoms with Gasteiger partial charge in [-0.1, -0.05) is 12.1 Å². The van der Waals surface area contributed by atoms with Crippen molar-refractivity contribution >= 4 is 38.1 Å². The number of aromatic nitrogens is 4. The number of aryl methyl sites for hydroxylation is 3. The summed E-state index contributed by atoms with van der Waals surface area (Å²) in [5.41, 5.74) is 2.34. The van der Waals surface area contributed by atoms with Crippen LogP contribution in [0.25, 0.3) is 22.1 Å². The first-order chi connectivity index (χ1) is 13.2. The number of rotatable bonds is 2. The smallest absolute Gasteiger partial charge is 0.336 e. The maximum absolute atomic E-state index is 12.5. The molecule has 0 unspecified atom stereocenters. The van der Waals surface area contributed by atoms with Crippen molar-refractivity contribution in [2.75, 3.05) is 0 Å². The zero-order valence-electron chi connectivity index (χ0n) is 15.7. The van der Waals surface area contributed by atoms with Crippen molar-refractivity contribution in [1.29, 1.82) is 0 Å². The van der Waals surface area contributed by atoms with Crippen LogP contribution in [0, 0.1) is 13.8 Å². The van der Waals surface area contributed by atoms with Crippen LogP contribution in [0.1, 0.15) is 16.7 Å². The average molecular weight is 445 g/mol. The molecule has 144 valence electrons. The Hall–Kier alpha value is -2.94. The van der Waals surface area contributed by atoms with Gasteiger partial charge in [-0.05, 0) is 46.5 Å². The van der Waals surface area contributed by atoms with Gasteiger partial charge in [0.2, 0.25) is 0 Å². The minimum atomic E-state index is -0.471. The number of hydrogen-bond donors (Lipinski definition) is 0. The number of nitrogens with zero attached hydrogens (tertiary/aromatic N) is 4. The molecule has 0 fully saturated rings. The summed E-state index contributed by atoms with van der Waals surface area (Å²) in [4.78, 5) is 41.3. The first kappa shape index (κ1) is 18.4. The Balaban J connectivity index is 2.04. The third-order valence-corrected chi connectivity index (χ3v) is 5.74. The standard InChI is InChI=1S/C19H17BrN4O4/c1-9-5-6-12-11(7-13(25)28-15(12)10(9)2)8-24-16-14(21-18(24)20)17(26)23(4)19(27)22(16)3/h5-7H,8H2,1-4H3. The Labute approximate surface area is 166 Å². The van der Waals surface area contributed by atoms with Gasteiger partial charge in [0.15, 0.2) is 15.9 Å². The Morgan fingerprint density at radius 1 is 1.11 bits per heavy atom. The Bertz CT molecular complexity index is 1460. The first-order valence-electron chi connectivity index (χ1n) is 8.55. The summed E-state index contributed by atoms with van der Waals surface area (Å²) in [5, 5.41) is 0.797. The molecule has 0 aliphatic rings. The maximum Gasteiger partial charge on any atom is 0.336 e. The van der Waals surface area contributed by atoms with Gasteiger partial charge in [0, 0.05) is 25.5 Å². The Morgan fingerprint density at radius 3 is 2.54 bits per heavy atom. The summed E-state index contributed by atoms with van der Waals surface area (Å²) in [7, 11) is 3.00. The summed E-state index contributed by atoms with van der Waals surface area (Å²) in [6.45, 7) is 4.09. The molecule has 0 aliphatic heterocycles. The highest BCUT2D eigenvalue weighted by Gasteiger charge is 2.19.